The van der Waals surface area contributed by atoms with Gasteiger partial charge < -0.3 is 20.1 Å². The number of carbonyl (C=O) groups is 1. The summed E-state index contributed by atoms with van der Waals surface area (Å²) >= 11 is 0. The van der Waals surface area contributed by atoms with Crippen molar-refractivity contribution >= 4 is 18.3 Å². The van der Waals surface area contributed by atoms with Gasteiger partial charge in [0.15, 0.2) is 0 Å². The van der Waals surface area contributed by atoms with Crippen LogP contribution in [0.1, 0.15) is 18.9 Å². The molecule has 0 bridgehead atoms. The molecule has 1 heterocycles. The molecule has 2 unspecified atom stereocenters. The van der Waals surface area contributed by atoms with E-state index in [0.717, 1.165) is 25.1 Å². The standard InChI is InChI=1S/C16H24N2O3.ClH/c1-11-7-8-17-10-13(11)18-16(19)9-12-14(20-2)5-4-6-15(12)21-3;/h4-6,11,13,17H,7-10H2,1-3H3,(H,18,19);1H. The number of nitrogens with one attached hydrogen (secondary N) is 2. The minimum atomic E-state index is -0.00153. The zero-order valence-corrected chi connectivity index (χ0v) is 14.2. The third-order valence-electron chi connectivity index (χ3n) is 4.04. The van der Waals surface area contributed by atoms with Gasteiger partial charge in [-0.15, -0.1) is 12.4 Å². The van der Waals surface area contributed by atoms with Gasteiger partial charge in [0, 0.05) is 18.2 Å². The Kier molecular flexibility index (Phi) is 7.48. The first-order chi connectivity index (χ1) is 10.2. The highest BCUT2D eigenvalue weighted by Gasteiger charge is 2.23. The number of hydrogen-bond donors (Lipinski definition) is 2. The van der Waals surface area contributed by atoms with Gasteiger partial charge in [-0.2, -0.15) is 0 Å². The average molecular weight is 329 g/mol. The summed E-state index contributed by atoms with van der Waals surface area (Å²) in [6, 6.07) is 5.73. The number of ether oxygens (including phenoxy) is 2. The van der Waals surface area contributed by atoms with Crippen LogP contribution in [-0.2, 0) is 11.2 Å². The molecule has 0 spiro atoms. The van der Waals surface area contributed by atoms with Crippen LogP contribution in [0.2, 0.25) is 0 Å². The van der Waals surface area contributed by atoms with Crippen LogP contribution in [-0.4, -0.2) is 39.3 Å². The van der Waals surface area contributed by atoms with E-state index in [1.54, 1.807) is 14.2 Å². The van der Waals surface area contributed by atoms with Crippen molar-refractivity contribution in [2.24, 2.45) is 5.92 Å². The van der Waals surface area contributed by atoms with Crippen molar-refractivity contribution in [3.05, 3.63) is 23.8 Å². The van der Waals surface area contributed by atoms with Crippen LogP contribution < -0.4 is 20.1 Å². The summed E-state index contributed by atoms with van der Waals surface area (Å²) < 4.78 is 10.7. The second-order valence-electron chi connectivity index (χ2n) is 5.46. The highest BCUT2D eigenvalue weighted by molar-refractivity contribution is 5.85. The fourth-order valence-electron chi connectivity index (χ4n) is 2.70. The van der Waals surface area contributed by atoms with Gasteiger partial charge in [0.2, 0.25) is 5.91 Å². The molecule has 1 aliphatic rings. The first-order valence-corrected chi connectivity index (χ1v) is 7.35. The Hall–Kier alpha value is -1.46. The lowest BCUT2D eigenvalue weighted by atomic mass is 9.94. The van der Waals surface area contributed by atoms with E-state index in [1.165, 1.54) is 0 Å². The van der Waals surface area contributed by atoms with E-state index >= 15 is 0 Å². The molecule has 1 aromatic rings. The summed E-state index contributed by atoms with van der Waals surface area (Å²) in [7, 11) is 3.20. The van der Waals surface area contributed by atoms with Crippen LogP contribution in [0.3, 0.4) is 0 Å². The molecule has 1 fully saturated rings. The van der Waals surface area contributed by atoms with Crippen LogP contribution >= 0.6 is 12.4 Å². The molecule has 1 aromatic carbocycles. The zero-order valence-electron chi connectivity index (χ0n) is 13.3. The number of carbonyl (C=O) groups excluding carboxylic acids is 1. The van der Waals surface area contributed by atoms with E-state index in [0.29, 0.717) is 17.4 Å². The fourth-order valence-corrected chi connectivity index (χ4v) is 2.70. The van der Waals surface area contributed by atoms with Gasteiger partial charge in [-0.25, -0.2) is 0 Å². The Morgan fingerprint density at radius 3 is 2.50 bits per heavy atom. The van der Waals surface area contributed by atoms with Crippen molar-refractivity contribution in [2.75, 3.05) is 27.3 Å². The van der Waals surface area contributed by atoms with Gasteiger partial charge in [0.25, 0.3) is 0 Å². The van der Waals surface area contributed by atoms with E-state index in [4.69, 9.17) is 9.47 Å². The lowest BCUT2D eigenvalue weighted by molar-refractivity contribution is -0.121. The molecule has 1 amide bonds. The first kappa shape index (κ1) is 18.6. The highest BCUT2D eigenvalue weighted by atomic mass is 35.5. The van der Waals surface area contributed by atoms with E-state index in [1.807, 2.05) is 18.2 Å². The zero-order chi connectivity index (χ0) is 15.2. The summed E-state index contributed by atoms with van der Waals surface area (Å²) in [5, 5.41) is 6.42. The quantitative estimate of drug-likeness (QED) is 0.865. The Morgan fingerprint density at radius 2 is 1.95 bits per heavy atom. The largest absolute Gasteiger partial charge is 0.496 e. The van der Waals surface area contributed by atoms with Crippen LogP contribution in [0.15, 0.2) is 18.2 Å². The van der Waals surface area contributed by atoms with Crippen molar-refractivity contribution in [2.45, 2.75) is 25.8 Å². The minimum Gasteiger partial charge on any atom is -0.496 e. The number of amides is 1. The van der Waals surface area contributed by atoms with Gasteiger partial charge >= 0.3 is 0 Å². The maximum absolute atomic E-state index is 12.3. The van der Waals surface area contributed by atoms with Crippen molar-refractivity contribution in [3.8, 4) is 11.5 Å². The predicted octanol–water partition coefficient (Wildman–Crippen LogP) is 1.78. The second-order valence-corrected chi connectivity index (χ2v) is 5.46. The van der Waals surface area contributed by atoms with Gasteiger partial charge in [-0.3, -0.25) is 4.79 Å². The number of piperidine rings is 1. The van der Waals surface area contributed by atoms with Gasteiger partial charge in [-0.1, -0.05) is 13.0 Å². The fraction of sp³-hybridized carbons (Fsp3) is 0.562. The maximum Gasteiger partial charge on any atom is 0.224 e. The van der Waals surface area contributed by atoms with E-state index in [9.17, 15) is 4.79 Å². The number of rotatable bonds is 5. The molecule has 2 rings (SSSR count). The molecule has 2 atom stereocenters. The summed E-state index contributed by atoms with van der Waals surface area (Å²) in [4.78, 5) is 12.3. The number of halogens is 1. The summed E-state index contributed by atoms with van der Waals surface area (Å²) in [6.07, 6.45) is 1.35. The lowest BCUT2D eigenvalue weighted by Gasteiger charge is -2.30. The summed E-state index contributed by atoms with van der Waals surface area (Å²) in [6.45, 7) is 4.03. The van der Waals surface area contributed by atoms with Crippen LogP contribution in [0.4, 0.5) is 0 Å². The smallest absolute Gasteiger partial charge is 0.224 e. The van der Waals surface area contributed by atoms with Crippen LogP contribution in [0.5, 0.6) is 11.5 Å². The molecule has 5 nitrogen and oxygen atoms in total. The molecular weight excluding hydrogens is 304 g/mol. The van der Waals surface area contributed by atoms with Crippen LogP contribution in [0, 0.1) is 5.92 Å². The Bertz CT molecular complexity index is 474. The van der Waals surface area contributed by atoms with E-state index in [2.05, 4.69) is 17.6 Å². The molecular formula is C16H25ClN2O3. The number of benzene rings is 1. The molecule has 0 radical (unpaired) electrons. The Labute approximate surface area is 138 Å². The molecule has 22 heavy (non-hydrogen) atoms. The van der Waals surface area contributed by atoms with Crippen molar-refractivity contribution < 1.29 is 14.3 Å². The minimum absolute atomic E-state index is 0. The molecule has 0 saturated carbocycles. The van der Waals surface area contributed by atoms with Crippen molar-refractivity contribution in [3.63, 3.8) is 0 Å². The number of hydrogen-bond acceptors (Lipinski definition) is 4. The summed E-state index contributed by atoms with van der Waals surface area (Å²) in [5.41, 5.74) is 0.788. The highest BCUT2D eigenvalue weighted by Crippen LogP contribution is 2.28. The van der Waals surface area contributed by atoms with Gasteiger partial charge in [-0.05, 0) is 31.0 Å². The lowest BCUT2D eigenvalue weighted by Crippen LogP contribution is -2.50. The average Bonchev–Trinajstić information content (AvgIpc) is 2.49. The first-order valence-electron chi connectivity index (χ1n) is 7.35. The molecule has 1 aliphatic heterocycles. The Balaban J connectivity index is 0.00000242. The van der Waals surface area contributed by atoms with E-state index < -0.39 is 0 Å². The van der Waals surface area contributed by atoms with Crippen molar-refractivity contribution in [1.82, 2.24) is 10.6 Å². The molecule has 2 N–H and O–H groups in total. The van der Waals surface area contributed by atoms with Crippen molar-refractivity contribution in [1.29, 1.82) is 0 Å². The molecule has 124 valence electrons. The number of methoxy groups -OCH3 is 2. The molecule has 1 saturated heterocycles. The van der Waals surface area contributed by atoms with E-state index in [-0.39, 0.29) is 30.8 Å². The van der Waals surface area contributed by atoms with Gasteiger partial charge in [0.1, 0.15) is 11.5 Å². The third kappa shape index (κ3) is 4.52. The topological polar surface area (TPSA) is 59.6 Å². The second kappa shape index (κ2) is 8.86. The predicted molar refractivity (Wildman–Crippen MR) is 89.1 cm³/mol. The summed E-state index contributed by atoms with van der Waals surface area (Å²) in [5.74, 6) is 1.85. The van der Waals surface area contributed by atoms with Crippen LogP contribution in [0.25, 0.3) is 0 Å². The normalized spacial score (nSPS) is 20.7. The molecule has 0 aliphatic carbocycles. The monoisotopic (exact) mass is 328 g/mol. The maximum atomic E-state index is 12.3. The SMILES string of the molecule is COc1cccc(OC)c1CC(=O)NC1CNCCC1C.Cl. The molecule has 0 aromatic heterocycles. The third-order valence-corrected chi connectivity index (χ3v) is 4.04. The van der Waals surface area contributed by atoms with Gasteiger partial charge in [0.05, 0.1) is 20.6 Å². The molecule has 6 heteroatoms. The Morgan fingerprint density at radius 1 is 1.32 bits per heavy atom.